The van der Waals surface area contributed by atoms with Crippen molar-refractivity contribution in [3.63, 3.8) is 0 Å². The minimum Gasteiger partial charge on any atom is -0.290 e. The monoisotopic (exact) mass is 267 g/mol. The first-order valence-electron chi connectivity index (χ1n) is 4.68. The zero-order valence-corrected chi connectivity index (χ0v) is 10.1. The van der Waals surface area contributed by atoms with Crippen LogP contribution in [0.15, 0.2) is 36.7 Å². The summed E-state index contributed by atoms with van der Waals surface area (Å²) in [7, 11) is 0. The number of thiocarbonyl (C=S) groups is 1. The Hall–Kier alpha value is -1.59. The van der Waals surface area contributed by atoms with Gasteiger partial charge in [-0.1, -0.05) is 23.8 Å². The Kier molecular flexibility index (Phi) is 3.61. The van der Waals surface area contributed by atoms with Crippen LogP contribution < -0.4 is 4.90 Å². The first kappa shape index (κ1) is 11.9. The molecule has 0 aliphatic carbocycles. The van der Waals surface area contributed by atoms with Gasteiger partial charge in [0.25, 0.3) is 0 Å². The topological polar surface area (TPSA) is 29.0 Å². The van der Waals surface area contributed by atoms with E-state index < -0.39 is 0 Å². The fourth-order valence-electron chi connectivity index (χ4n) is 1.30. The van der Waals surface area contributed by atoms with E-state index in [0.717, 1.165) is 0 Å². The third-order valence-electron chi connectivity index (χ3n) is 2.05. The standard InChI is InChI=1S/C11H7ClFN3S/c12-10-5-14-6-11(15-10)16(7-17)9-3-1-8(13)2-4-9/h1-7H. The molecule has 0 unspecified atom stereocenters. The summed E-state index contributed by atoms with van der Waals surface area (Å²) in [4.78, 5) is 9.59. The average molecular weight is 268 g/mol. The van der Waals surface area contributed by atoms with Crippen molar-refractivity contribution in [2.24, 2.45) is 0 Å². The molecule has 0 bridgehead atoms. The van der Waals surface area contributed by atoms with Gasteiger partial charge >= 0.3 is 0 Å². The van der Waals surface area contributed by atoms with Crippen molar-refractivity contribution in [2.75, 3.05) is 4.90 Å². The molecule has 3 nitrogen and oxygen atoms in total. The highest BCUT2D eigenvalue weighted by Gasteiger charge is 2.08. The lowest BCUT2D eigenvalue weighted by molar-refractivity contribution is 0.628. The lowest BCUT2D eigenvalue weighted by atomic mass is 10.3. The quantitative estimate of drug-likeness (QED) is 0.798. The predicted octanol–water partition coefficient (Wildman–Crippen LogP) is 3.36. The Bertz CT molecular complexity index is 532. The molecule has 0 saturated carbocycles. The molecule has 2 aromatic rings. The van der Waals surface area contributed by atoms with E-state index in [1.807, 2.05) is 0 Å². The zero-order chi connectivity index (χ0) is 12.3. The van der Waals surface area contributed by atoms with Crippen LogP contribution in [-0.2, 0) is 0 Å². The zero-order valence-electron chi connectivity index (χ0n) is 8.55. The number of nitrogens with zero attached hydrogens (tertiary/aromatic N) is 3. The van der Waals surface area contributed by atoms with Gasteiger partial charge in [-0.05, 0) is 24.3 Å². The van der Waals surface area contributed by atoms with Crippen LogP contribution in [0.5, 0.6) is 0 Å². The highest BCUT2D eigenvalue weighted by molar-refractivity contribution is 7.79. The van der Waals surface area contributed by atoms with Crippen molar-refractivity contribution in [1.82, 2.24) is 9.97 Å². The maximum Gasteiger partial charge on any atom is 0.158 e. The van der Waals surface area contributed by atoms with Gasteiger partial charge in [0.05, 0.1) is 17.9 Å². The molecule has 1 aromatic carbocycles. The van der Waals surface area contributed by atoms with Crippen molar-refractivity contribution >= 4 is 40.8 Å². The number of aromatic nitrogens is 2. The molecule has 0 radical (unpaired) electrons. The third kappa shape index (κ3) is 2.75. The van der Waals surface area contributed by atoms with E-state index in [2.05, 4.69) is 9.97 Å². The van der Waals surface area contributed by atoms with Crippen LogP contribution in [0, 0.1) is 5.82 Å². The molecular weight excluding hydrogens is 261 g/mol. The van der Waals surface area contributed by atoms with Crippen LogP contribution >= 0.6 is 23.8 Å². The molecule has 0 saturated heterocycles. The number of benzene rings is 1. The second-order valence-corrected chi connectivity index (χ2v) is 3.75. The van der Waals surface area contributed by atoms with Crippen molar-refractivity contribution in [2.45, 2.75) is 0 Å². The van der Waals surface area contributed by atoms with E-state index in [-0.39, 0.29) is 11.0 Å². The SMILES string of the molecule is Fc1ccc(N(C=S)c2cncc(Cl)n2)cc1. The number of halogens is 2. The van der Waals surface area contributed by atoms with Crippen molar-refractivity contribution < 1.29 is 4.39 Å². The third-order valence-corrected chi connectivity index (χ3v) is 2.44. The summed E-state index contributed by atoms with van der Waals surface area (Å²) >= 11 is 10.7. The lowest BCUT2D eigenvalue weighted by Gasteiger charge is -2.17. The molecule has 1 heterocycles. The molecule has 0 aliphatic rings. The number of anilines is 2. The summed E-state index contributed by atoms with van der Waals surface area (Å²) in [5, 5.41) is 0.270. The maximum atomic E-state index is 12.8. The van der Waals surface area contributed by atoms with E-state index in [9.17, 15) is 4.39 Å². The van der Waals surface area contributed by atoms with Crippen LogP contribution in [-0.4, -0.2) is 15.5 Å². The molecule has 0 atom stereocenters. The molecule has 17 heavy (non-hydrogen) atoms. The van der Waals surface area contributed by atoms with Gasteiger partial charge in [-0.2, -0.15) is 0 Å². The molecule has 0 fully saturated rings. The molecule has 0 aliphatic heterocycles. The number of hydrogen-bond donors (Lipinski definition) is 0. The van der Waals surface area contributed by atoms with Gasteiger partial charge in [-0.3, -0.25) is 9.88 Å². The highest BCUT2D eigenvalue weighted by Crippen LogP contribution is 2.22. The van der Waals surface area contributed by atoms with Gasteiger partial charge in [0, 0.05) is 5.69 Å². The first-order valence-corrected chi connectivity index (χ1v) is 5.53. The summed E-state index contributed by atoms with van der Waals surface area (Å²) in [6.07, 6.45) is 2.95. The summed E-state index contributed by atoms with van der Waals surface area (Å²) in [6.45, 7) is 0. The van der Waals surface area contributed by atoms with Crippen molar-refractivity contribution in [3.8, 4) is 0 Å². The Balaban J connectivity index is 2.40. The maximum absolute atomic E-state index is 12.8. The molecule has 0 N–H and O–H groups in total. The largest absolute Gasteiger partial charge is 0.290 e. The number of rotatable bonds is 3. The molecule has 2 rings (SSSR count). The normalized spacial score (nSPS) is 10.0. The fraction of sp³-hybridized carbons (Fsp3) is 0. The smallest absolute Gasteiger partial charge is 0.158 e. The van der Waals surface area contributed by atoms with E-state index in [1.54, 1.807) is 17.0 Å². The lowest BCUT2D eigenvalue weighted by Crippen LogP contribution is -2.14. The van der Waals surface area contributed by atoms with Crippen LogP contribution in [0.3, 0.4) is 0 Å². The second kappa shape index (κ2) is 5.16. The molecule has 0 spiro atoms. The van der Waals surface area contributed by atoms with E-state index in [1.165, 1.54) is 30.0 Å². The van der Waals surface area contributed by atoms with Gasteiger partial charge in [0.1, 0.15) is 11.0 Å². The van der Waals surface area contributed by atoms with Gasteiger partial charge < -0.3 is 0 Å². The Morgan fingerprint density at radius 3 is 2.53 bits per heavy atom. The minimum absolute atomic E-state index is 0.270. The summed E-state index contributed by atoms with van der Waals surface area (Å²) in [5.74, 6) is 0.175. The van der Waals surface area contributed by atoms with E-state index >= 15 is 0 Å². The van der Waals surface area contributed by atoms with Crippen molar-refractivity contribution in [1.29, 1.82) is 0 Å². The highest BCUT2D eigenvalue weighted by atomic mass is 35.5. The predicted molar refractivity (Wildman–Crippen MR) is 69.2 cm³/mol. The van der Waals surface area contributed by atoms with Crippen LogP contribution in [0.25, 0.3) is 0 Å². The summed E-state index contributed by atoms with van der Waals surface area (Å²) < 4.78 is 12.8. The number of hydrogen-bond acceptors (Lipinski definition) is 3. The molecule has 86 valence electrons. The van der Waals surface area contributed by atoms with Crippen LogP contribution in [0.4, 0.5) is 15.9 Å². The van der Waals surface area contributed by atoms with E-state index in [0.29, 0.717) is 11.5 Å². The molecule has 1 aromatic heterocycles. The minimum atomic E-state index is -0.310. The Morgan fingerprint density at radius 1 is 1.24 bits per heavy atom. The molecular formula is C11H7ClFN3S. The van der Waals surface area contributed by atoms with Gasteiger partial charge in [0.2, 0.25) is 0 Å². The Morgan fingerprint density at radius 2 is 1.94 bits per heavy atom. The fourth-order valence-corrected chi connectivity index (χ4v) is 1.67. The average Bonchev–Trinajstić information content (AvgIpc) is 2.33. The van der Waals surface area contributed by atoms with Gasteiger partial charge in [-0.15, -0.1) is 0 Å². The van der Waals surface area contributed by atoms with Crippen LogP contribution in [0.1, 0.15) is 0 Å². The van der Waals surface area contributed by atoms with E-state index in [4.69, 9.17) is 23.8 Å². The summed E-state index contributed by atoms with van der Waals surface area (Å²) in [5.41, 5.74) is 2.09. The Labute approximate surface area is 108 Å². The first-order chi connectivity index (χ1) is 8.20. The van der Waals surface area contributed by atoms with Gasteiger partial charge in [-0.25, -0.2) is 9.37 Å². The van der Waals surface area contributed by atoms with Gasteiger partial charge in [0.15, 0.2) is 5.82 Å². The second-order valence-electron chi connectivity index (χ2n) is 3.15. The summed E-state index contributed by atoms with van der Waals surface area (Å²) in [6, 6.07) is 5.89. The van der Waals surface area contributed by atoms with Crippen molar-refractivity contribution in [3.05, 3.63) is 47.6 Å². The van der Waals surface area contributed by atoms with Crippen LogP contribution in [0.2, 0.25) is 5.15 Å². The molecule has 6 heteroatoms. The molecule has 0 amide bonds.